The minimum Gasteiger partial charge on any atom is -0.361 e. The first-order chi connectivity index (χ1) is 14.6. The molecule has 6 nitrogen and oxygen atoms in total. The van der Waals surface area contributed by atoms with E-state index < -0.39 is 0 Å². The van der Waals surface area contributed by atoms with E-state index in [0.29, 0.717) is 18.0 Å². The average Bonchev–Trinajstić information content (AvgIpc) is 3.26. The summed E-state index contributed by atoms with van der Waals surface area (Å²) >= 11 is 0. The van der Waals surface area contributed by atoms with Crippen molar-refractivity contribution in [3.8, 4) is 0 Å². The molecule has 30 heavy (non-hydrogen) atoms. The number of aliphatic imine (C=N–C) groups is 1. The Bertz CT molecular complexity index is 945. The van der Waals surface area contributed by atoms with Gasteiger partial charge in [0.1, 0.15) is 0 Å². The Morgan fingerprint density at radius 2 is 2.03 bits per heavy atom. The molecule has 1 amide bonds. The minimum atomic E-state index is -0.214. The highest BCUT2D eigenvalue weighted by atomic mass is 16.1. The van der Waals surface area contributed by atoms with E-state index >= 15 is 0 Å². The number of nitrogens with zero attached hydrogens (tertiary/aromatic N) is 4. The smallest absolute Gasteiger partial charge is 0.293 e. The lowest BCUT2D eigenvalue weighted by atomic mass is 9.91. The van der Waals surface area contributed by atoms with E-state index in [-0.39, 0.29) is 5.91 Å². The van der Waals surface area contributed by atoms with Gasteiger partial charge in [-0.3, -0.25) is 9.69 Å². The molecule has 1 fully saturated rings. The molecule has 2 aliphatic heterocycles. The number of benzene rings is 1. The predicted molar refractivity (Wildman–Crippen MR) is 121 cm³/mol. The van der Waals surface area contributed by atoms with Crippen LogP contribution in [-0.4, -0.2) is 54.6 Å². The van der Waals surface area contributed by atoms with Crippen molar-refractivity contribution in [2.24, 2.45) is 4.99 Å². The number of hydrogen-bond acceptors (Lipinski definition) is 4. The van der Waals surface area contributed by atoms with E-state index in [1.54, 1.807) is 6.08 Å². The van der Waals surface area contributed by atoms with Gasteiger partial charge in [0.25, 0.3) is 11.7 Å². The van der Waals surface area contributed by atoms with E-state index in [1.807, 2.05) is 6.07 Å². The molecule has 0 saturated carbocycles. The van der Waals surface area contributed by atoms with Crippen LogP contribution in [0.15, 0.2) is 41.2 Å². The molecule has 0 bridgehead atoms. The number of carbonyl (C=O) groups excluding carboxylic acids is 1. The minimum absolute atomic E-state index is 0.214. The second-order valence-corrected chi connectivity index (χ2v) is 8.33. The fourth-order valence-electron chi connectivity index (χ4n) is 4.24. The van der Waals surface area contributed by atoms with Crippen molar-refractivity contribution in [3.05, 3.63) is 58.7 Å². The molecule has 0 atom stereocenters. The topological polar surface area (TPSA) is 52.3 Å². The Hall–Kier alpha value is -2.75. The molecule has 6 heteroatoms. The van der Waals surface area contributed by atoms with Crippen LogP contribution in [-0.2, 0) is 11.3 Å². The number of likely N-dealkylation sites (N-methyl/N-ethyl adjacent to an activating group) is 1. The van der Waals surface area contributed by atoms with E-state index in [1.165, 1.54) is 24.0 Å². The number of hydrogen-bond donors (Lipinski definition) is 1. The van der Waals surface area contributed by atoms with Gasteiger partial charge in [0.15, 0.2) is 5.71 Å². The van der Waals surface area contributed by atoms with Crippen LogP contribution < -0.4 is 5.32 Å². The number of carbonyl (C=O) groups is 1. The lowest BCUT2D eigenvalue weighted by molar-refractivity contribution is -0.110. The van der Waals surface area contributed by atoms with Crippen LogP contribution in [0.1, 0.15) is 43.2 Å². The maximum Gasteiger partial charge on any atom is 0.293 e. The third-order valence-corrected chi connectivity index (χ3v) is 6.08. The fourth-order valence-corrected chi connectivity index (χ4v) is 4.24. The summed E-state index contributed by atoms with van der Waals surface area (Å²) in [4.78, 5) is 25.0. The van der Waals surface area contributed by atoms with Crippen LogP contribution >= 0.6 is 0 Å². The number of anilines is 1. The van der Waals surface area contributed by atoms with Gasteiger partial charge in [-0.1, -0.05) is 24.8 Å². The molecule has 1 saturated heterocycles. The number of allylic oxidation sites excluding steroid dienone is 3. The van der Waals surface area contributed by atoms with Crippen molar-refractivity contribution in [1.82, 2.24) is 9.80 Å². The molecular formula is C24H29N5O. The Kier molecular flexibility index (Phi) is 6.41. The first-order valence-corrected chi connectivity index (χ1v) is 10.8. The molecule has 0 aromatic heterocycles. The summed E-state index contributed by atoms with van der Waals surface area (Å²) in [5.74, 6) is 0.0901. The Morgan fingerprint density at radius 1 is 1.20 bits per heavy atom. The van der Waals surface area contributed by atoms with Crippen LogP contribution in [0.3, 0.4) is 0 Å². The largest absolute Gasteiger partial charge is 0.361 e. The van der Waals surface area contributed by atoms with Crippen molar-refractivity contribution in [1.29, 1.82) is 0 Å². The van der Waals surface area contributed by atoms with Gasteiger partial charge >= 0.3 is 0 Å². The van der Waals surface area contributed by atoms with E-state index in [9.17, 15) is 4.79 Å². The quantitative estimate of drug-likeness (QED) is 0.758. The summed E-state index contributed by atoms with van der Waals surface area (Å²) in [5, 5.41) is 3.06. The van der Waals surface area contributed by atoms with Gasteiger partial charge in [-0.2, -0.15) is 0 Å². The van der Waals surface area contributed by atoms with Gasteiger partial charge in [0, 0.05) is 50.4 Å². The fraction of sp³-hybridized carbons (Fsp3) is 0.458. The van der Waals surface area contributed by atoms with E-state index in [4.69, 9.17) is 6.57 Å². The summed E-state index contributed by atoms with van der Waals surface area (Å²) < 4.78 is 0. The lowest BCUT2D eigenvalue weighted by Gasteiger charge is -2.32. The molecule has 0 spiro atoms. The third-order valence-electron chi connectivity index (χ3n) is 6.08. The second-order valence-electron chi connectivity index (χ2n) is 8.33. The van der Waals surface area contributed by atoms with Crippen molar-refractivity contribution in [2.75, 3.05) is 38.5 Å². The van der Waals surface area contributed by atoms with Gasteiger partial charge in [-0.15, -0.1) is 4.99 Å². The summed E-state index contributed by atoms with van der Waals surface area (Å²) in [7, 11) is 2.17. The van der Waals surface area contributed by atoms with Gasteiger partial charge in [0.05, 0.1) is 0 Å². The van der Waals surface area contributed by atoms with Crippen molar-refractivity contribution >= 4 is 22.9 Å². The molecule has 3 aliphatic rings. The third kappa shape index (κ3) is 4.86. The first-order valence-electron chi connectivity index (χ1n) is 10.8. The molecule has 1 N–H and O–H groups in total. The maximum absolute atomic E-state index is 12.7. The van der Waals surface area contributed by atoms with Gasteiger partial charge in [-0.25, -0.2) is 0 Å². The monoisotopic (exact) mass is 403 g/mol. The zero-order valence-electron chi connectivity index (χ0n) is 17.7. The highest BCUT2D eigenvalue weighted by Crippen LogP contribution is 2.33. The molecule has 1 aromatic rings. The molecule has 1 aliphatic carbocycles. The van der Waals surface area contributed by atoms with Crippen LogP contribution in [0.2, 0.25) is 0 Å². The highest BCUT2D eigenvalue weighted by Gasteiger charge is 2.22. The van der Waals surface area contributed by atoms with Crippen molar-refractivity contribution < 1.29 is 4.79 Å². The van der Waals surface area contributed by atoms with Crippen LogP contribution in [0.5, 0.6) is 0 Å². The zero-order valence-corrected chi connectivity index (χ0v) is 17.7. The number of nitrogens with one attached hydrogen (secondary N) is 1. The number of amides is 1. The maximum atomic E-state index is 12.7. The Balaban J connectivity index is 1.54. The predicted octanol–water partition coefficient (Wildman–Crippen LogP) is 3.94. The molecule has 4 rings (SSSR count). The van der Waals surface area contributed by atoms with Gasteiger partial charge in [-0.05, 0) is 56.0 Å². The van der Waals surface area contributed by atoms with Gasteiger partial charge < -0.3 is 15.1 Å². The zero-order chi connectivity index (χ0) is 20.9. The molecule has 156 valence electrons. The standard InChI is InChI=1S/C24H29N5O/c1-25-23-11-10-22(26-23)24(30)27-21-9-8-18(17-29-14-12-28(2)13-15-29)16-20(21)19-6-4-3-5-7-19/h6,8-9,11,16H,3-5,7,10,12-15,17H2,2H3,(H,27,30). The SMILES string of the molecule is [C-]#[N+]C1=CCC(C(=O)Nc2ccc(CN3CCN(C)CC3)cc2C2=CCCCC2)=N1. The Morgan fingerprint density at radius 3 is 2.73 bits per heavy atom. The first kappa shape index (κ1) is 20.5. The summed E-state index contributed by atoms with van der Waals surface area (Å²) in [6.07, 6.45) is 9.00. The summed E-state index contributed by atoms with van der Waals surface area (Å²) in [6.45, 7) is 12.4. The van der Waals surface area contributed by atoms with Crippen molar-refractivity contribution in [3.63, 3.8) is 0 Å². The van der Waals surface area contributed by atoms with Gasteiger partial charge in [0.2, 0.25) is 0 Å². The van der Waals surface area contributed by atoms with Crippen LogP contribution in [0.4, 0.5) is 5.69 Å². The Labute approximate surface area is 178 Å². The van der Waals surface area contributed by atoms with E-state index in [0.717, 1.165) is 56.8 Å². The molecular weight excluding hydrogens is 374 g/mol. The normalized spacial score (nSPS) is 20.2. The average molecular weight is 404 g/mol. The molecule has 0 unspecified atom stereocenters. The molecule has 2 heterocycles. The highest BCUT2D eigenvalue weighted by molar-refractivity contribution is 6.44. The molecule has 0 radical (unpaired) electrons. The lowest BCUT2D eigenvalue weighted by Crippen LogP contribution is -2.43. The van der Waals surface area contributed by atoms with E-state index in [2.05, 4.69) is 50.2 Å². The number of rotatable bonds is 5. The summed E-state index contributed by atoms with van der Waals surface area (Å²) in [5.41, 5.74) is 4.99. The molecule has 1 aromatic carbocycles. The van der Waals surface area contributed by atoms with Crippen LogP contribution in [0, 0.1) is 6.57 Å². The summed E-state index contributed by atoms with van der Waals surface area (Å²) in [6, 6.07) is 6.41. The van der Waals surface area contributed by atoms with Crippen LogP contribution in [0.25, 0.3) is 10.4 Å². The van der Waals surface area contributed by atoms with Crippen molar-refractivity contribution in [2.45, 2.75) is 38.6 Å². The number of piperazine rings is 1. The second kappa shape index (κ2) is 9.38.